The Balaban J connectivity index is 1.76. The third-order valence-corrected chi connectivity index (χ3v) is 4.34. The summed E-state index contributed by atoms with van der Waals surface area (Å²) < 4.78 is 1.21. The van der Waals surface area contributed by atoms with Crippen LogP contribution in [0.2, 0.25) is 0 Å². The molecule has 2 nitrogen and oxygen atoms in total. The number of hydrogen-bond acceptors (Lipinski definition) is 2. The molecular weight excluding hydrogens is 276 g/mol. The molecule has 1 aliphatic heterocycles. The molecule has 2 rings (SSSR count). The summed E-state index contributed by atoms with van der Waals surface area (Å²) >= 11 is 3.58. The lowest BCUT2D eigenvalue weighted by Crippen LogP contribution is -2.24. The zero-order valence-corrected chi connectivity index (χ0v) is 12.3. The van der Waals surface area contributed by atoms with E-state index in [1.54, 1.807) is 0 Å². The number of halogens is 1. The lowest BCUT2D eigenvalue weighted by Gasteiger charge is -2.12. The molecule has 0 aliphatic carbocycles. The standard InChI is InChI=1S/C14H21BrN2/c1-11-3-4-12(7-14(11)15)8-16-9-13-5-6-17(2)10-13/h3-4,7,13,16H,5-6,8-10H2,1-2H3. The van der Waals surface area contributed by atoms with Crippen molar-refractivity contribution in [2.45, 2.75) is 19.9 Å². The Hall–Kier alpha value is -0.380. The average Bonchev–Trinajstić information content (AvgIpc) is 2.70. The smallest absolute Gasteiger partial charge is 0.0207 e. The van der Waals surface area contributed by atoms with E-state index in [0.29, 0.717) is 0 Å². The molecule has 0 radical (unpaired) electrons. The Morgan fingerprint density at radius 1 is 1.47 bits per heavy atom. The second-order valence-electron chi connectivity index (χ2n) is 5.13. The van der Waals surface area contributed by atoms with Crippen LogP contribution in [0.4, 0.5) is 0 Å². The van der Waals surface area contributed by atoms with Crippen molar-refractivity contribution >= 4 is 15.9 Å². The molecule has 0 bridgehead atoms. The summed E-state index contributed by atoms with van der Waals surface area (Å²) in [4.78, 5) is 2.41. The van der Waals surface area contributed by atoms with Crippen molar-refractivity contribution in [3.05, 3.63) is 33.8 Å². The predicted octanol–water partition coefficient (Wildman–Crippen LogP) is 2.80. The Kier molecular flexibility index (Phi) is 4.60. The van der Waals surface area contributed by atoms with Gasteiger partial charge in [0.2, 0.25) is 0 Å². The molecule has 1 aromatic rings. The van der Waals surface area contributed by atoms with Gasteiger partial charge in [0.1, 0.15) is 0 Å². The molecule has 0 spiro atoms. The first-order valence-electron chi connectivity index (χ1n) is 6.29. The topological polar surface area (TPSA) is 15.3 Å². The summed E-state index contributed by atoms with van der Waals surface area (Å²) in [6, 6.07) is 6.58. The Morgan fingerprint density at radius 2 is 2.29 bits per heavy atom. The van der Waals surface area contributed by atoms with Gasteiger partial charge in [0.25, 0.3) is 0 Å². The van der Waals surface area contributed by atoms with Crippen molar-refractivity contribution in [3.63, 3.8) is 0 Å². The highest BCUT2D eigenvalue weighted by molar-refractivity contribution is 9.10. The number of nitrogens with zero attached hydrogens (tertiary/aromatic N) is 1. The number of nitrogens with one attached hydrogen (secondary N) is 1. The molecule has 1 aliphatic rings. The average molecular weight is 297 g/mol. The lowest BCUT2D eigenvalue weighted by molar-refractivity contribution is 0.388. The van der Waals surface area contributed by atoms with Gasteiger partial charge in [-0.3, -0.25) is 0 Å². The van der Waals surface area contributed by atoms with E-state index >= 15 is 0 Å². The van der Waals surface area contributed by atoms with Crippen molar-refractivity contribution in [3.8, 4) is 0 Å². The quantitative estimate of drug-likeness (QED) is 0.919. The van der Waals surface area contributed by atoms with Crippen LogP contribution in [0.5, 0.6) is 0 Å². The molecule has 1 saturated heterocycles. The van der Waals surface area contributed by atoms with Crippen molar-refractivity contribution in [2.75, 3.05) is 26.7 Å². The minimum Gasteiger partial charge on any atom is -0.312 e. The van der Waals surface area contributed by atoms with Crippen LogP contribution in [0.15, 0.2) is 22.7 Å². The predicted molar refractivity (Wildman–Crippen MR) is 76.2 cm³/mol. The molecule has 1 fully saturated rings. The summed E-state index contributed by atoms with van der Waals surface area (Å²) in [7, 11) is 2.21. The molecule has 0 saturated carbocycles. The summed E-state index contributed by atoms with van der Waals surface area (Å²) in [6.45, 7) is 6.72. The first-order valence-corrected chi connectivity index (χ1v) is 7.09. The Bertz CT molecular complexity index is 378. The maximum atomic E-state index is 3.58. The fourth-order valence-corrected chi connectivity index (χ4v) is 2.79. The second kappa shape index (κ2) is 5.98. The van der Waals surface area contributed by atoms with Crippen LogP contribution in [0.1, 0.15) is 17.5 Å². The van der Waals surface area contributed by atoms with Crippen LogP contribution in [-0.2, 0) is 6.54 Å². The van der Waals surface area contributed by atoms with E-state index in [1.165, 1.54) is 35.1 Å². The summed E-state index contributed by atoms with van der Waals surface area (Å²) in [5.74, 6) is 0.828. The Morgan fingerprint density at radius 3 is 2.94 bits per heavy atom. The van der Waals surface area contributed by atoms with Crippen molar-refractivity contribution in [1.82, 2.24) is 10.2 Å². The highest BCUT2D eigenvalue weighted by Gasteiger charge is 2.18. The van der Waals surface area contributed by atoms with Gasteiger partial charge in [0, 0.05) is 17.6 Å². The fraction of sp³-hybridized carbons (Fsp3) is 0.571. The number of hydrogen-bond donors (Lipinski definition) is 1. The normalized spacial score (nSPS) is 21.0. The minimum absolute atomic E-state index is 0.828. The molecule has 0 amide bonds. The largest absolute Gasteiger partial charge is 0.312 e. The van der Waals surface area contributed by atoms with E-state index < -0.39 is 0 Å². The number of likely N-dealkylation sites (tertiary alicyclic amines) is 1. The number of benzene rings is 1. The van der Waals surface area contributed by atoms with Crippen molar-refractivity contribution < 1.29 is 0 Å². The maximum Gasteiger partial charge on any atom is 0.0207 e. The van der Waals surface area contributed by atoms with Gasteiger partial charge < -0.3 is 10.2 Å². The van der Waals surface area contributed by atoms with Crippen LogP contribution in [-0.4, -0.2) is 31.6 Å². The maximum absolute atomic E-state index is 3.58. The van der Waals surface area contributed by atoms with Gasteiger partial charge in [-0.15, -0.1) is 0 Å². The van der Waals surface area contributed by atoms with E-state index in [1.807, 2.05) is 0 Å². The molecule has 1 N–H and O–H groups in total. The third kappa shape index (κ3) is 3.80. The van der Waals surface area contributed by atoms with Gasteiger partial charge in [0.05, 0.1) is 0 Å². The van der Waals surface area contributed by atoms with Gasteiger partial charge in [0.15, 0.2) is 0 Å². The third-order valence-electron chi connectivity index (χ3n) is 3.49. The zero-order chi connectivity index (χ0) is 12.3. The summed E-state index contributed by atoms with van der Waals surface area (Å²) in [5.41, 5.74) is 2.65. The van der Waals surface area contributed by atoms with Crippen molar-refractivity contribution in [1.29, 1.82) is 0 Å². The molecule has 3 heteroatoms. The molecule has 17 heavy (non-hydrogen) atoms. The minimum atomic E-state index is 0.828. The highest BCUT2D eigenvalue weighted by Crippen LogP contribution is 2.18. The second-order valence-corrected chi connectivity index (χ2v) is 5.99. The number of rotatable bonds is 4. The van der Waals surface area contributed by atoms with E-state index in [-0.39, 0.29) is 0 Å². The highest BCUT2D eigenvalue weighted by atomic mass is 79.9. The van der Waals surface area contributed by atoms with Gasteiger partial charge >= 0.3 is 0 Å². The molecule has 1 aromatic carbocycles. The first-order chi connectivity index (χ1) is 8.15. The van der Waals surface area contributed by atoms with Crippen LogP contribution in [0, 0.1) is 12.8 Å². The molecule has 1 atom stereocenters. The molecule has 1 unspecified atom stereocenters. The van der Waals surface area contributed by atoms with E-state index in [0.717, 1.165) is 19.0 Å². The summed E-state index contributed by atoms with van der Waals surface area (Å²) in [6.07, 6.45) is 1.33. The van der Waals surface area contributed by atoms with E-state index in [4.69, 9.17) is 0 Å². The van der Waals surface area contributed by atoms with Gasteiger partial charge in [-0.25, -0.2) is 0 Å². The van der Waals surface area contributed by atoms with E-state index in [2.05, 4.69) is 58.3 Å². The molecule has 94 valence electrons. The fourth-order valence-electron chi connectivity index (χ4n) is 2.36. The van der Waals surface area contributed by atoms with Crippen LogP contribution < -0.4 is 5.32 Å². The van der Waals surface area contributed by atoms with Gasteiger partial charge in [-0.05, 0) is 56.6 Å². The Labute approximate surface area is 113 Å². The van der Waals surface area contributed by atoms with Crippen LogP contribution in [0.3, 0.4) is 0 Å². The van der Waals surface area contributed by atoms with Crippen LogP contribution in [0.25, 0.3) is 0 Å². The van der Waals surface area contributed by atoms with Gasteiger partial charge in [-0.2, -0.15) is 0 Å². The number of aryl methyl sites for hydroxylation is 1. The van der Waals surface area contributed by atoms with Crippen LogP contribution >= 0.6 is 15.9 Å². The zero-order valence-electron chi connectivity index (χ0n) is 10.7. The van der Waals surface area contributed by atoms with Gasteiger partial charge in [-0.1, -0.05) is 28.1 Å². The van der Waals surface area contributed by atoms with Crippen molar-refractivity contribution in [2.24, 2.45) is 5.92 Å². The monoisotopic (exact) mass is 296 g/mol. The molecular formula is C14H21BrN2. The lowest BCUT2D eigenvalue weighted by atomic mass is 10.1. The molecule has 0 aromatic heterocycles. The van der Waals surface area contributed by atoms with E-state index in [9.17, 15) is 0 Å². The summed E-state index contributed by atoms with van der Waals surface area (Å²) in [5, 5.41) is 3.56. The first kappa shape index (κ1) is 13.1. The molecule has 1 heterocycles. The SMILES string of the molecule is Cc1ccc(CNCC2CCN(C)C2)cc1Br.